The van der Waals surface area contributed by atoms with E-state index in [9.17, 15) is 4.39 Å². The molecule has 8 nitrogen and oxygen atoms in total. The van der Waals surface area contributed by atoms with Crippen LogP contribution in [0.2, 0.25) is 10.0 Å². The van der Waals surface area contributed by atoms with Crippen LogP contribution in [0.15, 0.2) is 39.5 Å². The minimum atomic E-state index is -0.420. The molecule has 0 unspecified atom stereocenters. The summed E-state index contributed by atoms with van der Waals surface area (Å²) in [5, 5.41) is 18.4. The Balaban J connectivity index is 1.63. The lowest BCUT2D eigenvalue weighted by Crippen LogP contribution is -2.12. The number of benzene rings is 2. The van der Waals surface area contributed by atoms with E-state index < -0.39 is 5.82 Å². The number of aryl methyl sites for hydroxylation is 1. The standard InChI is InChI=1S/C21H19Cl2FN6O2/c1-10(2)26-21-20(29-32-30-21)25-9-13-5-4-12(6-17(13)24)15-7-14(22)8-16(23)18(15)19-27-11(3)31-28-19/h4-8,10H,9H2,1-3H3,(H,25,29)(H,26,30). The van der Waals surface area contributed by atoms with E-state index in [0.29, 0.717) is 55.6 Å². The Morgan fingerprint density at radius 2 is 1.84 bits per heavy atom. The summed E-state index contributed by atoms with van der Waals surface area (Å²) in [5.41, 5.74) is 2.10. The highest BCUT2D eigenvalue weighted by atomic mass is 35.5. The van der Waals surface area contributed by atoms with Crippen molar-refractivity contribution in [3.63, 3.8) is 0 Å². The van der Waals surface area contributed by atoms with Crippen molar-refractivity contribution in [3.05, 3.63) is 57.6 Å². The van der Waals surface area contributed by atoms with Crippen molar-refractivity contribution < 1.29 is 13.5 Å². The molecule has 0 radical (unpaired) electrons. The van der Waals surface area contributed by atoms with Crippen LogP contribution in [0.5, 0.6) is 0 Å². The Kier molecular flexibility index (Phi) is 6.29. The van der Waals surface area contributed by atoms with Crippen molar-refractivity contribution in [1.29, 1.82) is 0 Å². The summed E-state index contributed by atoms with van der Waals surface area (Å²) in [6.07, 6.45) is 0. The molecule has 0 saturated heterocycles. The van der Waals surface area contributed by atoms with Crippen molar-refractivity contribution >= 4 is 34.8 Å². The average Bonchev–Trinajstić information content (AvgIpc) is 3.34. The molecule has 11 heteroatoms. The van der Waals surface area contributed by atoms with Crippen molar-refractivity contribution in [3.8, 4) is 22.5 Å². The molecule has 0 bridgehead atoms. The van der Waals surface area contributed by atoms with Gasteiger partial charge in [0.2, 0.25) is 23.4 Å². The van der Waals surface area contributed by atoms with Crippen LogP contribution < -0.4 is 10.6 Å². The highest BCUT2D eigenvalue weighted by Gasteiger charge is 2.19. The second kappa shape index (κ2) is 9.13. The summed E-state index contributed by atoms with van der Waals surface area (Å²) in [6.45, 7) is 5.78. The Morgan fingerprint density at radius 1 is 1.06 bits per heavy atom. The second-order valence-electron chi connectivity index (χ2n) is 7.37. The number of halogens is 3. The molecule has 0 aliphatic heterocycles. The molecule has 2 heterocycles. The van der Waals surface area contributed by atoms with Crippen LogP contribution >= 0.6 is 23.2 Å². The third-order valence-electron chi connectivity index (χ3n) is 4.53. The lowest BCUT2D eigenvalue weighted by atomic mass is 9.97. The molecule has 4 aromatic rings. The summed E-state index contributed by atoms with van der Waals surface area (Å²) in [7, 11) is 0. The summed E-state index contributed by atoms with van der Waals surface area (Å²) < 4.78 is 24.8. The number of hydrogen-bond donors (Lipinski definition) is 2. The van der Waals surface area contributed by atoms with Gasteiger partial charge < -0.3 is 15.2 Å². The molecule has 2 aromatic heterocycles. The molecule has 0 spiro atoms. The molecule has 166 valence electrons. The first-order chi connectivity index (χ1) is 15.3. The SMILES string of the molecule is Cc1nc(-c2c(Cl)cc(Cl)cc2-c2ccc(CNc3nonc3NC(C)C)c(F)c2)no1. The van der Waals surface area contributed by atoms with E-state index in [4.69, 9.17) is 32.4 Å². The van der Waals surface area contributed by atoms with Crippen LogP contribution in [-0.2, 0) is 6.54 Å². The summed E-state index contributed by atoms with van der Waals surface area (Å²) >= 11 is 12.6. The van der Waals surface area contributed by atoms with Gasteiger partial charge in [-0.15, -0.1) is 0 Å². The third kappa shape index (κ3) is 4.68. The van der Waals surface area contributed by atoms with Gasteiger partial charge in [0, 0.05) is 35.7 Å². The van der Waals surface area contributed by atoms with E-state index in [1.165, 1.54) is 6.07 Å². The Hall–Kier alpha value is -3.17. The molecule has 2 N–H and O–H groups in total. The quantitative estimate of drug-likeness (QED) is 0.336. The van der Waals surface area contributed by atoms with Gasteiger partial charge in [0.1, 0.15) is 5.82 Å². The van der Waals surface area contributed by atoms with Gasteiger partial charge in [-0.25, -0.2) is 9.02 Å². The number of hydrogen-bond acceptors (Lipinski definition) is 8. The molecule has 0 atom stereocenters. The number of anilines is 2. The molecule has 0 saturated carbocycles. The van der Waals surface area contributed by atoms with Crippen LogP contribution in [0.1, 0.15) is 25.3 Å². The molecule has 0 aliphatic carbocycles. The van der Waals surface area contributed by atoms with Gasteiger partial charge in [-0.1, -0.05) is 40.5 Å². The van der Waals surface area contributed by atoms with Gasteiger partial charge in [0.25, 0.3) is 0 Å². The number of aromatic nitrogens is 4. The first-order valence-corrected chi connectivity index (χ1v) is 10.5. The number of nitrogens with zero attached hydrogens (tertiary/aromatic N) is 4. The van der Waals surface area contributed by atoms with E-state index in [2.05, 4.69) is 31.1 Å². The fourth-order valence-corrected chi connectivity index (χ4v) is 3.72. The summed E-state index contributed by atoms with van der Waals surface area (Å²) in [5.74, 6) is 1.13. The fourth-order valence-electron chi connectivity index (χ4n) is 3.14. The summed E-state index contributed by atoms with van der Waals surface area (Å²) in [4.78, 5) is 4.25. The van der Waals surface area contributed by atoms with Gasteiger partial charge in [0.15, 0.2) is 0 Å². The normalized spacial score (nSPS) is 11.2. The monoisotopic (exact) mass is 476 g/mol. The van der Waals surface area contributed by atoms with Gasteiger partial charge in [-0.05, 0) is 53.5 Å². The van der Waals surface area contributed by atoms with Gasteiger partial charge in [-0.3, -0.25) is 0 Å². The predicted octanol–water partition coefficient (Wildman–Crippen LogP) is 5.97. The minimum Gasteiger partial charge on any atom is -0.362 e. The van der Waals surface area contributed by atoms with Crippen molar-refractivity contribution in [1.82, 2.24) is 20.5 Å². The van der Waals surface area contributed by atoms with E-state index in [1.807, 2.05) is 13.8 Å². The van der Waals surface area contributed by atoms with Crippen LogP contribution in [0.25, 0.3) is 22.5 Å². The van der Waals surface area contributed by atoms with E-state index in [1.54, 1.807) is 31.2 Å². The maximum atomic E-state index is 15.0. The van der Waals surface area contributed by atoms with Crippen LogP contribution in [0.3, 0.4) is 0 Å². The van der Waals surface area contributed by atoms with Crippen LogP contribution in [-0.4, -0.2) is 26.5 Å². The number of rotatable bonds is 7. The number of nitrogens with one attached hydrogen (secondary N) is 2. The molecule has 0 aliphatic rings. The van der Waals surface area contributed by atoms with Crippen molar-refractivity contribution in [2.45, 2.75) is 33.4 Å². The fraction of sp³-hybridized carbons (Fsp3) is 0.238. The maximum absolute atomic E-state index is 15.0. The molecule has 0 fully saturated rings. The lowest BCUT2D eigenvalue weighted by molar-refractivity contribution is 0.310. The summed E-state index contributed by atoms with van der Waals surface area (Å²) in [6, 6.07) is 8.25. The topological polar surface area (TPSA) is 102 Å². The zero-order valence-electron chi connectivity index (χ0n) is 17.4. The second-order valence-corrected chi connectivity index (χ2v) is 8.21. The smallest absolute Gasteiger partial charge is 0.223 e. The van der Waals surface area contributed by atoms with Gasteiger partial charge in [-0.2, -0.15) is 4.98 Å². The predicted molar refractivity (Wildman–Crippen MR) is 120 cm³/mol. The molecular weight excluding hydrogens is 458 g/mol. The van der Waals surface area contributed by atoms with Crippen LogP contribution in [0, 0.1) is 12.7 Å². The van der Waals surface area contributed by atoms with Crippen molar-refractivity contribution in [2.75, 3.05) is 10.6 Å². The Bertz CT molecular complexity index is 1260. The molecule has 0 amide bonds. The van der Waals surface area contributed by atoms with Crippen molar-refractivity contribution in [2.24, 2.45) is 0 Å². The third-order valence-corrected chi connectivity index (χ3v) is 5.05. The first kappa shape index (κ1) is 22.0. The molecular formula is C21H19Cl2FN6O2. The highest BCUT2D eigenvalue weighted by molar-refractivity contribution is 6.37. The minimum absolute atomic E-state index is 0.139. The Labute approximate surface area is 193 Å². The molecule has 2 aromatic carbocycles. The molecule has 32 heavy (non-hydrogen) atoms. The average molecular weight is 477 g/mol. The lowest BCUT2D eigenvalue weighted by Gasteiger charge is -2.12. The molecule has 4 rings (SSSR count). The van der Waals surface area contributed by atoms with Gasteiger partial charge in [0.05, 0.1) is 5.02 Å². The van der Waals surface area contributed by atoms with Crippen LogP contribution in [0.4, 0.5) is 16.0 Å². The zero-order valence-corrected chi connectivity index (χ0v) is 18.9. The van der Waals surface area contributed by atoms with E-state index in [-0.39, 0.29) is 12.6 Å². The van der Waals surface area contributed by atoms with E-state index in [0.717, 1.165) is 0 Å². The highest BCUT2D eigenvalue weighted by Crippen LogP contribution is 2.39. The van der Waals surface area contributed by atoms with E-state index >= 15 is 0 Å². The largest absolute Gasteiger partial charge is 0.362 e. The van der Waals surface area contributed by atoms with Gasteiger partial charge >= 0.3 is 0 Å². The maximum Gasteiger partial charge on any atom is 0.223 e. The first-order valence-electron chi connectivity index (χ1n) is 9.73. The Morgan fingerprint density at radius 3 is 2.53 bits per heavy atom. The zero-order chi connectivity index (χ0) is 22.8.